The van der Waals surface area contributed by atoms with Crippen LogP contribution >= 0.6 is 0 Å². The van der Waals surface area contributed by atoms with Gasteiger partial charge in [0.25, 0.3) is 0 Å². The van der Waals surface area contributed by atoms with E-state index in [0.29, 0.717) is 0 Å². The highest BCUT2D eigenvalue weighted by molar-refractivity contribution is 5.78. The number of carboxylic acid groups (broad SMARTS) is 4. The Morgan fingerprint density at radius 2 is 0.589 bits per heavy atom. The number of amides is 4. The monoisotopic (exact) mass is 1050 g/mol. The van der Waals surface area contributed by atoms with Gasteiger partial charge in [0.2, 0.25) is 23.6 Å². The maximum atomic E-state index is 13.2. The summed E-state index contributed by atoms with van der Waals surface area (Å²) < 4.78 is 61.4. The molecule has 0 saturated carbocycles. The number of esters is 4. The van der Waals surface area contributed by atoms with Crippen LogP contribution in [0.2, 0.25) is 0 Å². The van der Waals surface area contributed by atoms with Crippen molar-refractivity contribution in [3.8, 4) is 0 Å². The van der Waals surface area contributed by atoms with E-state index in [1.165, 1.54) is 0 Å². The Morgan fingerprint density at radius 3 is 0.877 bits per heavy atom. The molecule has 33 nitrogen and oxygen atoms in total. The maximum absolute atomic E-state index is 13.2. The molecule has 0 aromatic heterocycles. The largest absolute Gasteiger partial charge is 0.479 e. The van der Waals surface area contributed by atoms with Crippen molar-refractivity contribution in [2.75, 3.05) is 0 Å². The zero-order valence-corrected chi connectivity index (χ0v) is 39.6. The molecule has 0 unspecified atom stereocenters. The second-order valence-electron chi connectivity index (χ2n) is 16.6. The number of aliphatic carboxylic acids is 4. The molecule has 4 amide bonds. The lowest BCUT2D eigenvalue weighted by Crippen LogP contribution is -2.73. The number of carbonyl (C=O) groups excluding carboxylic acids is 8. The Labute approximate surface area is 410 Å². The van der Waals surface area contributed by atoms with Gasteiger partial charge in [0.05, 0.1) is 0 Å². The first-order chi connectivity index (χ1) is 33.9. The Kier molecular flexibility index (Phi) is 20.0. The molecular weight excluding hydrogens is 1000 g/mol. The number of carboxylic acids is 4. The molecule has 4 rings (SSSR count). The van der Waals surface area contributed by atoms with Crippen LogP contribution in [-0.2, 0) is 110 Å². The first kappa shape index (κ1) is 58.8. The third-order valence-electron chi connectivity index (χ3n) is 10.8. The molecule has 0 bridgehead atoms. The van der Waals surface area contributed by atoms with Gasteiger partial charge < -0.3 is 104 Å². The molecule has 4 saturated heterocycles. The molecule has 0 spiro atoms. The third kappa shape index (κ3) is 14.7. The van der Waals surface area contributed by atoms with Crippen molar-refractivity contribution >= 4 is 71.4 Å². The first-order valence-corrected chi connectivity index (χ1v) is 21.6. The minimum absolute atomic E-state index is 0.784. The van der Waals surface area contributed by atoms with E-state index in [-0.39, 0.29) is 0 Å². The molecule has 20 atom stereocenters. The van der Waals surface area contributed by atoms with Crippen molar-refractivity contribution in [3.05, 3.63) is 0 Å². The van der Waals surface area contributed by atoms with Gasteiger partial charge in [-0.05, 0) is 0 Å². The minimum atomic E-state index is -2.58. The van der Waals surface area contributed by atoms with Gasteiger partial charge in [-0.25, -0.2) is 19.2 Å². The van der Waals surface area contributed by atoms with Gasteiger partial charge in [0.1, 0.15) is 48.6 Å². The number of nitrogens with one attached hydrogen (secondary N) is 4. The average Bonchev–Trinajstić information content (AvgIpc) is 3.24. The lowest BCUT2D eigenvalue weighted by molar-refractivity contribution is -0.352. The van der Waals surface area contributed by atoms with E-state index in [2.05, 4.69) is 21.3 Å². The normalized spacial score (nSPS) is 36.1. The quantitative estimate of drug-likeness (QED) is 0.0451. The zero-order chi connectivity index (χ0) is 55.1. The highest BCUT2D eigenvalue weighted by Gasteiger charge is 2.61. The summed E-state index contributed by atoms with van der Waals surface area (Å²) in [7, 11) is 0. The Morgan fingerprint density at radius 1 is 0.342 bits per heavy atom. The van der Waals surface area contributed by atoms with Crippen LogP contribution in [0, 0.1) is 0 Å². The van der Waals surface area contributed by atoms with Crippen molar-refractivity contribution in [1.82, 2.24) is 21.3 Å². The summed E-state index contributed by atoms with van der Waals surface area (Å²) in [6.45, 7) is 6.91. The van der Waals surface area contributed by atoms with Crippen molar-refractivity contribution in [1.29, 1.82) is 0 Å². The Balaban J connectivity index is 1.89. The second-order valence-corrected chi connectivity index (χ2v) is 16.6. The van der Waals surface area contributed by atoms with Crippen molar-refractivity contribution in [3.63, 3.8) is 0 Å². The fraction of sp³-hybridized carbons (Fsp3) is 0.700. The molecular formula is C40H54N4O29. The van der Waals surface area contributed by atoms with Gasteiger partial charge >= 0.3 is 47.8 Å². The number of carbonyl (C=O) groups is 12. The van der Waals surface area contributed by atoms with Crippen LogP contribution in [0.25, 0.3) is 0 Å². The summed E-state index contributed by atoms with van der Waals surface area (Å²) in [5.74, 6) is -16.5. The number of ether oxygens (including phenoxy) is 11. The van der Waals surface area contributed by atoms with E-state index >= 15 is 0 Å². The summed E-state index contributed by atoms with van der Waals surface area (Å²) >= 11 is 0. The van der Waals surface area contributed by atoms with E-state index in [1.807, 2.05) is 0 Å². The SMILES string of the molecule is CC(=O)N[C@@H]1[C@@H](OC(C)=O)[C@@H](O[C@H]2O[C@H](C(=O)O)[C@H](O[C@H]3O[C@H](C(=O)O)[C@H](O[C@H]4O[C@H](C(=O)O)[C@H](O)[C@H](OC(C)=O)[C@H]4NC(C)=O)[C@H](OC(C)=O)[C@H]3NC(C)=O)[C@H](OC(C)=O)[C@H]2NC(C)=O)[C@@H](C(=O)O)O[C@@H]1O. The Bertz CT molecular complexity index is 2160. The minimum Gasteiger partial charge on any atom is -0.479 e. The Hall–Kier alpha value is -6.72. The highest BCUT2D eigenvalue weighted by Crippen LogP contribution is 2.37. The molecule has 33 heteroatoms. The smallest absolute Gasteiger partial charge is 0.335 e. The molecule has 4 fully saturated rings. The van der Waals surface area contributed by atoms with Crippen LogP contribution in [0.15, 0.2) is 0 Å². The van der Waals surface area contributed by atoms with E-state index < -0.39 is 194 Å². The lowest BCUT2D eigenvalue weighted by Gasteiger charge is -2.50. The molecule has 4 heterocycles. The van der Waals surface area contributed by atoms with Gasteiger partial charge in [0.15, 0.2) is 74.0 Å². The third-order valence-corrected chi connectivity index (χ3v) is 10.8. The standard InChI is InChI=1S/C40H54N4O29/c1-9(45)41-17-23(64-14(6)50)27(30(34(56)57)67-37(17)62)69-39-19(43-11(3)47)25(66-16(8)52)29(32(72-39)36(60)61)71-40-20(44-12(4)48)24(65-15(7)51)28(31(73-40)35(58)59)70-38-18(42-10(2)46)22(63-13(5)49)21(53)26(68-38)33(54)55/h17-32,37-40,53,62H,1-8H3,(H,41,45)(H,42,46)(H,43,47)(H,44,48)(H,54,55)(H,56,57)(H,58,59)(H,60,61)/t17-,18-,19-,20-,21-,22-,23-,24-,25-,26+,27-,28-,29-,30+,31+,32+,37+,38-,39+,40+/m1/s1. The molecule has 73 heavy (non-hydrogen) atoms. The zero-order valence-electron chi connectivity index (χ0n) is 39.6. The number of aliphatic hydroxyl groups is 2. The molecule has 10 N–H and O–H groups in total. The predicted molar refractivity (Wildman–Crippen MR) is 221 cm³/mol. The topological polar surface area (TPSA) is 476 Å². The summed E-state index contributed by atoms with van der Waals surface area (Å²) in [5, 5.41) is 72.0. The summed E-state index contributed by atoms with van der Waals surface area (Å²) in [6, 6.07) is -7.83. The van der Waals surface area contributed by atoms with Gasteiger partial charge in [-0.3, -0.25) is 38.4 Å². The molecule has 4 aliphatic rings. The van der Waals surface area contributed by atoms with Gasteiger partial charge in [-0.2, -0.15) is 0 Å². The highest BCUT2D eigenvalue weighted by atomic mass is 16.8. The van der Waals surface area contributed by atoms with Crippen molar-refractivity contribution in [2.45, 2.75) is 178 Å². The predicted octanol–water partition coefficient (Wildman–Crippen LogP) is -6.52. The first-order valence-electron chi connectivity index (χ1n) is 21.6. The van der Waals surface area contributed by atoms with Crippen molar-refractivity contribution < 1.29 is 140 Å². The van der Waals surface area contributed by atoms with Gasteiger partial charge in [-0.15, -0.1) is 0 Å². The number of aliphatic hydroxyl groups excluding tert-OH is 2. The molecule has 0 aromatic carbocycles. The maximum Gasteiger partial charge on any atom is 0.335 e. The molecule has 0 aliphatic carbocycles. The van der Waals surface area contributed by atoms with Crippen LogP contribution in [0.3, 0.4) is 0 Å². The van der Waals surface area contributed by atoms with E-state index in [4.69, 9.17) is 52.1 Å². The molecule has 0 radical (unpaired) electrons. The number of hydrogen-bond acceptors (Lipinski definition) is 25. The molecule has 0 aromatic rings. The van der Waals surface area contributed by atoms with Crippen LogP contribution in [0.1, 0.15) is 55.4 Å². The fourth-order valence-corrected chi connectivity index (χ4v) is 8.31. The molecule has 4 aliphatic heterocycles. The van der Waals surface area contributed by atoms with E-state index in [0.717, 1.165) is 55.4 Å². The van der Waals surface area contributed by atoms with Crippen LogP contribution in [0.4, 0.5) is 0 Å². The lowest BCUT2D eigenvalue weighted by atomic mass is 9.92. The average molecular weight is 1050 g/mol. The van der Waals surface area contributed by atoms with Crippen molar-refractivity contribution in [2.24, 2.45) is 0 Å². The van der Waals surface area contributed by atoms with Gasteiger partial charge in [-0.1, -0.05) is 0 Å². The van der Waals surface area contributed by atoms with E-state index in [1.54, 1.807) is 0 Å². The van der Waals surface area contributed by atoms with Crippen LogP contribution in [0.5, 0.6) is 0 Å². The molecule has 408 valence electrons. The summed E-state index contributed by atoms with van der Waals surface area (Å²) in [4.78, 5) is 152. The number of hydrogen-bond donors (Lipinski definition) is 10. The van der Waals surface area contributed by atoms with E-state index in [9.17, 15) is 88.2 Å². The summed E-state index contributed by atoms with van der Waals surface area (Å²) in [6.07, 6.45) is -36.6. The number of rotatable bonds is 18. The van der Waals surface area contributed by atoms with Crippen LogP contribution < -0.4 is 21.3 Å². The fourth-order valence-electron chi connectivity index (χ4n) is 8.31. The second kappa shape index (κ2) is 24.8. The van der Waals surface area contributed by atoms with Crippen LogP contribution in [-0.4, -0.2) is 225 Å². The van der Waals surface area contributed by atoms with Gasteiger partial charge in [0, 0.05) is 55.4 Å². The summed E-state index contributed by atoms with van der Waals surface area (Å²) in [5.41, 5.74) is 0.